The van der Waals surface area contributed by atoms with Gasteiger partial charge in [-0.1, -0.05) is 34.1 Å². The van der Waals surface area contributed by atoms with Crippen LogP contribution in [0.5, 0.6) is 0 Å². The second-order valence-electron chi connectivity index (χ2n) is 5.04. The van der Waals surface area contributed by atoms with E-state index >= 15 is 0 Å². The first kappa shape index (κ1) is 13.9. The summed E-state index contributed by atoms with van der Waals surface area (Å²) in [5.41, 5.74) is 8.40. The third kappa shape index (κ3) is 2.88. The highest BCUT2D eigenvalue weighted by Gasteiger charge is 2.29. The van der Waals surface area contributed by atoms with Crippen molar-refractivity contribution in [1.82, 2.24) is 4.90 Å². The number of amides is 2. The number of nitrogens with two attached hydrogens (primary N) is 1. The zero-order chi connectivity index (χ0) is 14.8. The van der Waals surface area contributed by atoms with Crippen molar-refractivity contribution < 1.29 is 4.79 Å². The molecule has 1 saturated heterocycles. The van der Waals surface area contributed by atoms with Crippen molar-refractivity contribution in [2.24, 2.45) is 0 Å². The number of nitrogen functional groups attached to an aromatic ring is 1. The van der Waals surface area contributed by atoms with Crippen molar-refractivity contribution in [3.63, 3.8) is 0 Å². The number of nitrogens with zero attached hydrogens (tertiary/aromatic N) is 2. The van der Waals surface area contributed by atoms with Gasteiger partial charge in [0.25, 0.3) is 0 Å². The second-order valence-corrected chi connectivity index (χ2v) is 5.89. The number of hydrogen-bond acceptors (Lipinski definition) is 2. The first-order valence-corrected chi connectivity index (χ1v) is 7.60. The van der Waals surface area contributed by atoms with E-state index in [1.54, 1.807) is 4.90 Å². The van der Waals surface area contributed by atoms with E-state index in [0.29, 0.717) is 18.8 Å². The molecule has 0 atom stereocenters. The average Bonchev–Trinajstić information content (AvgIpc) is 2.84. The summed E-state index contributed by atoms with van der Waals surface area (Å²) in [6.07, 6.45) is 0. The molecule has 0 unspecified atom stereocenters. The zero-order valence-corrected chi connectivity index (χ0v) is 13.1. The summed E-state index contributed by atoms with van der Waals surface area (Å²) in [5, 5.41) is 0. The van der Waals surface area contributed by atoms with Crippen molar-refractivity contribution in [3.05, 3.63) is 58.6 Å². The van der Waals surface area contributed by atoms with Gasteiger partial charge in [-0.15, -0.1) is 0 Å². The molecule has 2 amide bonds. The van der Waals surface area contributed by atoms with Crippen LogP contribution in [0.1, 0.15) is 5.56 Å². The fraction of sp³-hybridized carbons (Fsp3) is 0.188. The quantitative estimate of drug-likeness (QED) is 0.865. The minimum absolute atomic E-state index is 0.0375. The third-order valence-electron chi connectivity index (χ3n) is 3.62. The maximum absolute atomic E-state index is 12.5. The molecule has 21 heavy (non-hydrogen) atoms. The Hall–Kier alpha value is -2.01. The van der Waals surface area contributed by atoms with E-state index < -0.39 is 0 Å². The van der Waals surface area contributed by atoms with Crippen LogP contribution in [0.3, 0.4) is 0 Å². The van der Waals surface area contributed by atoms with Gasteiger partial charge in [-0.25, -0.2) is 4.79 Å². The van der Waals surface area contributed by atoms with E-state index in [2.05, 4.69) is 15.9 Å². The Labute approximate surface area is 132 Å². The van der Waals surface area contributed by atoms with Crippen LogP contribution in [0.25, 0.3) is 0 Å². The van der Waals surface area contributed by atoms with E-state index in [4.69, 9.17) is 5.73 Å². The molecule has 1 heterocycles. The molecule has 3 rings (SSSR count). The molecule has 2 aromatic carbocycles. The minimum Gasteiger partial charge on any atom is -0.399 e. The van der Waals surface area contributed by atoms with Crippen LogP contribution in [-0.4, -0.2) is 24.0 Å². The highest BCUT2D eigenvalue weighted by molar-refractivity contribution is 9.10. The van der Waals surface area contributed by atoms with Gasteiger partial charge in [-0.05, 0) is 35.9 Å². The molecule has 4 nitrogen and oxygen atoms in total. The lowest BCUT2D eigenvalue weighted by atomic mass is 10.2. The Morgan fingerprint density at radius 3 is 2.48 bits per heavy atom. The van der Waals surface area contributed by atoms with Crippen LogP contribution in [0, 0.1) is 0 Å². The van der Waals surface area contributed by atoms with E-state index in [9.17, 15) is 4.79 Å². The normalized spacial score (nSPS) is 14.8. The van der Waals surface area contributed by atoms with Crippen LogP contribution in [0.2, 0.25) is 0 Å². The molecule has 1 aliphatic rings. The molecule has 0 aliphatic carbocycles. The van der Waals surface area contributed by atoms with Crippen LogP contribution in [0.4, 0.5) is 16.2 Å². The van der Waals surface area contributed by atoms with Gasteiger partial charge in [-0.2, -0.15) is 0 Å². The Morgan fingerprint density at radius 2 is 1.76 bits per heavy atom. The molecule has 1 aliphatic heterocycles. The molecule has 5 heteroatoms. The number of benzene rings is 2. The summed E-state index contributed by atoms with van der Waals surface area (Å²) in [7, 11) is 0. The van der Waals surface area contributed by atoms with Gasteiger partial charge in [0.1, 0.15) is 0 Å². The highest BCUT2D eigenvalue weighted by atomic mass is 79.9. The third-order valence-corrected chi connectivity index (χ3v) is 4.39. The SMILES string of the molecule is Nc1ccc(N2CCN(Cc3ccccc3Br)C2=O)cc1. The fourth-order valence-electron chi connectivity index (χ4n) is 2.46. The predicted molar refractivity (Wildman–Crippen MR) is 88.1 cm³/mol. The molecular formula is C16H16BrN3O. The molecule has 2 aromatic rings. The number of carbonyl (C=O) groups excluding carboxylic acids is 1. The monoisotopic (exact) mass is 345 g/mol. The van der Waals surface area contributed by atoms with E-state index in [-0.39, 0.29) is 6.03 Å². The van der Waals surface area contributed by atoms with Crippen molar-refractivity contribution in [1.29, 1.82) is 0 Å². The highest BCUT2D eigenvalue weighted by Crippen LogP contribution is 2.24. The van der Waals surface area contributed by atoms with Crippen molar-refractivity contribution in [2.45, 2.75) is 6.54 Å². The minimum atomic E-state index is 0.0375. The van der Waals surface area contributed by atoms with Gasteiger partial charge in [0, 0.05) is 35.5 Å². The first-order valence-electron chi connectivity index (χ1n) is 6.80. The molecule has 0 saturated carbocycles. The molecule has 2 N–H and O–H groups in total. The number of urea groups is 1. The van der Waals surface area contributed by atoms with Crippen LogP contribution >= 0.6 is 15.9 Å². The molecule has 108 valence electrons. The van der Waals surface area contributed by atoms with E-state index in [1.807, 2.05) is 53.4 Å². The Bertz CT molecular complexity index is 657. The largest absolute Gasteiger partial charge is 0.399 e. The summed E-state index contributed by atoms with van der Waals surface area (Å²) in [6.45, 7) is 2.05. The smallest absolute Gasteiger partial charge is 0.324 e. The number of hydrogen-bond donors (Lipinski definition) is 1. The van der Waals surface area contributed by atoms with Crippen molar-refractivity contribution >= 4 is 33.3 Å². The summed E-state index contributed by atoms with van der Waals surface area (Å²) >= 11 is 3.53. The predicted octanol–water partition coefficient (Wildman–Crippen LogP) is 3.47. The number of halogens is 1. The number of carbonyl (C=O) groups is 1. The summed E-state index contributed by atoms with van der Waals surface area (Å²) in [5.74, 6) is 0. The van der Waals surface area contributed by atoms with Gasteiger partial charge >= 0.3 is 6.03 Å². The van der Waals surface area contributed by atoms with Gasteiger partial charge < -0.3 is 10.6 Å². The Balaban J connectivity index is 1.75. The van der Waals surface area contributed by atoms with Crippen molar-refractivity contribution in [2.75, 3.05) is 23.7 Å². The molecule has 0 spiro atoms. The number of anilines is 2. The van der Waals surface area contributed by atoms with E-state index in [1.165, 1.54) is 0 Å². The Kier molecular flexibility index (Phi) is 3.84. The summed E-state index contributed by atoms with van der Waals surface area (Å²) < 4.78 is 1.03. The lowest BCUT2D eigenvalue weighted by Crippen LogP contribution is -2.31. The van der Waals surface area contributed by atoms with Gasteiger partial charge in [0.05, 0.1) is 0 Å². The molecule has 0 bridgehead atoms. The van der Waals surface area contributed by atoms with Gasteiger partial charge in [0.15, 0.2) is 0 Å². The fourth-order valence-corrected chi connectivity index (χ4v) is 2.87. The topological polar surface area (TPSA) is 49.6 Å². The standard InChI is InChI=1S/C16H16BrN3O/c17-15-4-2-1-3-12(15)11-19-9-10-20(16(19)21)14-7-5-13(18)6-8-14/h1-8H,9-11,18H2. The summed E-state index contributed by atoms with van der Waals surface area (Å²) in [6, 6.07) is 15.4. The van der Waals surface area contributed by atoms with Gasteiger partial charge in [-0.3, -0.25) is 4.90 Å². The second kappa shape index (κ2) is 5.77. The van der Waals surface area contributed by atoms with Gasteiger partial charge in [0.2, 0.25) is 0 Å². The average molecular weight is 346 g/mol. The van der Waals surface area contributed by atoms with E-state index in [0.717, 1.165) is 22.3 Å². The molecular weight excluding hydrogens is 330 g/mol. The van der Waals surface area contributed by atoms with Crippen LogP contribution < -0.4 is 10.6 Å². The number of rotatable bonds is 3. The zero-order valence-electron chi connectivity index (χ0n) is 11.5. The van der Waals surface area contributed by atoms with Crippen molar-refractivity contribution in [3.8, 4) is 0 Å². The summed E-state index contributed by atoms with van der Waals surface area (Å²) in [4.78, 5) is 16.2. The maximum Gasteiger partial charge on any atom is 0.324 e. The maximum atomic E-state index is 12.5. The lowest BCUT2D eigenvalue weighted by Gasteiger charge is -2.19. The lowest BCUT2D eigenvalue weighted by molar-refractivity contribution is 0.218. The molecule has 1 fully saturated rings. The first-order chi connectivity index (χ1) is 10.1. The molecule has 0 radical (unpaired) electrons. The molecule has 0 aromatic heterocycles. The van der Waals surface area contributed by atoms with Crippen LogP contribution in [0.15, 0.2) is 53.0 Å². The van der Waals surface area contributed by atoms with Crippen LogP contribution in [-0.2, 0) is 6.54 Å². The Morgan fingerprint density at radius 1 is 1.05 bits per heavy atom.